The molecule has 0 bridgehead atoms. The Morgan fingerprint density at radius 2 is 2.17 bits per heavy atom. The van der Waals surface area contributed by atoms with Crippen molar-refractivity contribution in [2.75, 3.05) is 18.8 Å². The minimum Gasteiger partial charge on any atom is -0.381 e. The first kappa shape index (κ1) is 13.4. The molecule has 1 aromatic heterocycles. The molecule has 102 valence electrons. The quantitative estimate of drug-likeness (QED) is 0.886. The van der Waals surface area contributed by atoms with Crippen LogP contribution in [0.25, 0.3) is 0 Å². The molecule has 0 aromatic carbocycles. The van der Waals surface area contributed by atoms with Crippen LogP contribution in [0.1, 0.15) is 27.2 Å². The maximum Gasteiger partial charge on any atom is 0.248 e. The number of rotatable bonds is 3. The van der Waals surface area contributed by atoms with Gasteiger partial charge >= 0.3 is 0 Å². The van der Waals surface area contributed by atoms with Gasteiger partial charge < -0.3 is 5.73 Å². The molecule has 1 aliphatic rings. The molecule has 1 aliphatic heterocycles. The maximum atomic E-state index is 12.5. The molecule has 1 fully saturated rings. The van der Waals surface area contributed by atoms with E-state index in [1.54, 1.807) is 4.68 Å². The summed E-state index contributed by atoms with van der Waals surface area (Å²) in [6, 6.07) is 0. The molecule has 0 atom stereocenters. The lowest BCUT2D eigenvalue weighted by Gasteiger charge is -2.19. The topological polar surface area (TPSA) is 81.2 Å². The van der Waals surface area contributed by atoms with Crippen LogP contribution in [0.15, 0.2) is 11.1 Å². The van der Waals surface area contributed by atoms with E-state index >= 15 is 0 Å². The number of hydrogen-bond acceptors (Lipinski definition) is 4. The Morgan fingerprint density at radius 1 is 1.50 bits per heavy atom. The van der Waals surface area contributed by atoms with Gasteiger partial charge in [0.2, 0.25) is 10.0 Å². The molecule has 0 aliphatic carbocycles. The Kier molecular flexibility index (Phi) is 3.14. The molecule has 18 heavy (non-hydrogen) atoms. The monoisotopic (exact) mass is 272 g/mol. The van der Waals surface area contributed by atoms with Crippen LogP contribution < -0.4 is 5.73 Å². The van der Waals surface area contributed by atoms with Gasteiger partial charge in [-0.2, -0.15) is 9.40 Å². The van der Waals surface area contributed by atoms with Crippen LogP contribution >= 0.6 is 0 Å². The van der Waals surface area contributed by atoms with Crippen LogP contribution in [-0.2, 0) is 16.6 Å². The van der Waals surface area contributed by atoms with Crippen molar-refractivity contribution in [1.82, 2.24) is 14.1 Å². The van der Waals surface area contributed by atoms with Gasteiger partial charge in [0.15, 0.2) is 5.82 Å². The Hall–Kier alpha value is -1.08. The summed E-state index contributed by atoms with van der Waals surface area (Å²) in [5.41, 5.74) is 5.73. The number of nitrogens with two attached hydrogens (primary N) is 1. The van der Waals surface area contributed by atoms with E-state index in [0.29, 0.717) is 19.6 Å². The average Bonchev–Trinajstić information content (AvgIpc) is 2.82. The minimum atomic E-state index is -3.50. The van der Waals surface area contributed by atoms with Crippen LogP contribution in [0.3, 0.4) is 0 Å². The second-order valence-corrected chi connectivity index (χ2v) is 7.39. The first-order chi connectivity index (χ1) is 8.26. The van der Waals surface area contributed by atoms with Crippen LogP contribution in [0, 0.1) is 5.41 Å². The highest BCUT2D eigenvalue weighted by Gasteiger charge is 2.38. The van der Waals surface area contributed by atoms with E-state index in [1.165, 1.54) is 10.5 Å². The summed E-state index contributed by atoms with van der Waals surface area (Å²) in [6.45, 7) is 7.72. The lowest BCUT2D eigenvalue weighted by molar-refractivity contribution is 0.375. The van der Waals surface area contributed by atoms with Crippen LogP contribution in [0.5, 0.6) is 0 Å². The molecule has 1 aromatic rings. The standard InChI is InChI=1S/C11H20N4O2S/c1-4-14-7-9(10(12)13-14)18(16,17)15-6-5-11(2,3)8-15/h7H,4-6,8H2,1-3H3,(H2,12,13). The van der Waals surface area contributed by atoms with E-state index in [4.69, 9.17) is 5.73 Å². The average molecular weight is 272 g/mol. The molecule has 1 saturated heterocycles. The predicted octanol–water partition coefficient (Wildman–Crippen LogP) is 0.906. The zero-order chi connectivity index (χ0) is 13.6. The Labute approximate surface area is 108 Å². The third-order valence-electron chi connectivity index (χ3n) is 3.34. The fraction of sp³-hybridized carbons (Fsp3) is 0.727. The first-order valence-electron chi connectivity index (χ1n) is 6.09. The lowest BCUT2D eigenvalue weighted by Crippen LogP contribution is -2.30. The fourth-order valence-electron chi connectivity index (χ4n) is 2.19. The Balaban J connectivity index is 2.34. The first-order valence-corrected chi connectivity index (χ1v) is 7.53. The maximum absolute atomic E-state index is 12.5. The van der Waals surface area contributed by atoms with E-state index in [9.17, 15) is 8.42 Å². The van der Waals surface area contributed by atoms with Crippen molar-refractivity contribution in [3.8, 4) is 0 Å². The van der Waals surface area contributed by atoms with Gasteiger partial charge in [0.1, 0.15) is 4.90 Å². The SMILES string of the molecule is CCn1cc(S(=O)(=O)N2CCC(C)(C)C2)c(N)n1. The second-order valence-electron chi connectivity index (χ2n) is 5.49. The van der Waals surface area contributed by atoms with Crippen molar-refractivity contribution < 1.29 is 8.42 Å². The van der Waals surface area contributed by atoms with Crippen LogP contribution in [-0.4, -0.2) is 35.6 Å². The van der Waals surface area contributed by atoms with Crippen LogP contribution in [0.2, 0.25) is 0 Å². The summed E-state index contributed by atoms with van der Waals surface area (Å²) in [7, 11) is -3.50. The molecule has 2 rings (SSSR count). The summed E-state index contributed by atoms with van der Waals surface area (Å²) >= 11 is 0. The van der Waals surface area contributed by atoms with Gasteiger partial charge in [0.05, 0.1) is 0 Å². The number of anilines is 1. The smallest absolute Gasteiger partial charge is 0.248 e. The molecule has 0 amide bonds. The summed E-state index contributed by atoms with van der Waals surface area (Å²) in [5.74, 6) is 0.0848. The molecule has 6 nitrogen and oxygen atoms in total. The minimum absolute atomic E-state index is 0.0303. The molecule has 0 unspecified atom stereocenters. The van der Waals surface area contributed by atoms with Crippen molar-refractivity contribution in [1.29, 1.82) is 0 Å². The molecule has 0 radical (unpaired) electrons. The van der Waals surface area contributed by atoms with Gasteiger partial charge in [-0.05, 0) is 18.8 Å². The highest BCUT2D eigenvalue weighted by Crippen LogP contribution is 2.33. The Morgan fingerprint density at radius 3 is 2.61 bits per heavy atom. The number of hydrogen-bond donors (Lipinski definition) is 1. The van der Waals surface area contributed by atoms with Crippen LogP contribution in [0.4, 0.5) is 5.82 Å². The second kappa shape index (κ2) is 4.24. The van der Waals surface area contributed by atoms with Crippen molar-refractivity contribution in [3.05, 3.63) is 6.20 Å². The molecule has 2 heterocycles. The Bertz CT molecular complexity index is 547. The summed E-state index contributed by atoms with van der Waals surface area (Å²) < 4.78 is 28.0. The number of nitrogens with zero attached hydrogens (tertiary/aromatic N) is 3. The van der Waals surface area contributed by atoms with E-state index in [2.05, 4.69) is 18.9 Å². The largest absolute Gasteiger partial charge is 0.381 e. The van der Waals surface area contributed by atoms with E-state index < -0.39 is 10.0 Å². The highest BCUT2D eigenvalue weighted by atomic mass is 32.2. The van der Waals surface area contributed by atoms with Crippen molar-refractivity contribution in [2.24, 2.45) is 5.41 Å². The zero-order valence-corrected chi connectivity index (χ0v) is 11.9. The van der Waals surface area contributed by atoms with E-state index in [0.717, 1.165) is 6.42 Å². The number of aromatic nitrogens is 2. The number of sulfonamides is 1. The third kappa shape index (κ3) is 2.24. The highest BCUT2D eigenvalue weighted by molar-refractivity contribution is 7.89. The van der Waals surface area contributed by atoms with E-state index in [-0.39, 0.29) is 16.1 Å². The summed E-state index contributed by atoms with van der Waals surface area (Å²) in [6.07, 6.45) is 2.38. The van der Waals surface area contributed by atoms with Gasteiger partial charge in [-0.1, -0.05) is 13.8 Å². The normalized spacial score (nSPS) is 20.4. The van der Waals surface area contributed by atoms with Gasteiger partial charge in [0, 0.05) is 25.8 Å². The van der Waals surface area contributed by atoms with Crippen molar-refractivity contribution in [2.45, 2.75) is 38.6 Å². The third-order valence-corrected chi connectivity index (χ3v) is 5.20. The predicted molar refractivity (Wildman–Crippen MR) is 69.5 cm³/mol. The lowest BCUT2D eigenvalue weighted by atomic mass is 9.93. The molecular weight excluding hydrogens is 252 g/mol. The van der Waals surface area contributed by atoms with Gasteiger partial charge in [-0.3, -0.25) is 4.68 Å². The number of nitrogen functional groups attached to an aromatic ring is 1. The molecule has 7 heteroatoms. The molecule has 0 spiro atoms. The molecular formula is C11H20N4O2S. The van der Waals surface area contributed by atoms with Gasteiger partial charge in [-0.15, -0.1) is 0 Å². The zero-order valence-electron chi connectivity index (χ0n) is 11.0. The van der Waals surface area contributed by atoms with Crippen molar-refractivity contribution >= 4 is 15.8 Å². The number of aryl methyl sites for hydroxylation is 1. The van der Waals surface area contributed by atoms with Gasteiger partial charge in [-0.25, -0.2) is 8.42 Å². The molecule has 2 N–H and O–H groups in total. The van der Waals surface area contributed by atoms with E-state index in [1.807, 2.05) is 6.92 Å². The molecule has 0 saturated carbocycles. The van der Waals surface area contributed by atoms with Gasteiger partial charge in [0.25, 0.3) is 0 Å². The fourth-order valence-corrected chi connectivity index (χ4v) is 3.88. The summed E-state index contributed by atoms with van der Waals surface area (Å²) in [5, 5.41) is 3.99. The summed E-state index contributed by atoms with van der Waals surface area (Å²) in [4.78, 5) is 0.127. The van der Waals surface area contributed by atoms with Crippen molar-refractivity contribution in [3.63, 3.8) is 0 Å².